The van der Waals surface area contributed by atoms with Crippen LogP contribution in [-0.2, 0) is 0 Å². The van der Waals surface area contributed by atoms with E-state index in [9.17, 15) is 0 Å². The zero-order valence-electron chi connectivity index (χ0n) is 8.00. The van der Waals surface area contributed by atoms with Gasteiger partial charge in [-0.3, -0.25) is 0 Å². The number of aliphatic imine (C=N–C) groups is 1. The van der Waals surface area contributed by atoms with Gasteiger partial charge >= 0.3 is 51.4 Å². The van der Waals surface area contributed by atoms with E-state index in [1.165, 1.54) is 0 Å². The minimum atomic E-state index is 0. The molecule has 0 aliphatic heterocycles. The summed E-state index contributed by atoms with van der Waals surface area (Å²) in [5.41, 5.74) is 0. The molecule has 0 aromatic heterocycles. The molecular weight excluding hydrogens is 213 g/mol. The first-order valence-electron chi connectivity index (χ1n) is 3.93. The van der Waals surface area contributed by atoms with Gasteiger partial charge in [0.2, 0.25) is 0 Å². The third kappa shape index (κ3) is 16.0. The normalized spacial score (nSPS) is 10.8. The molecule has 5 heteroatoms. The summed E-state index contributed by atoms with van der Waals surface area (Å²) in [7, 11) is 4.12. The van der Waals surface area contributed by atoms with Crippen LogP contribution in [0.5, 0.6) is 0 Å². The van der Waals surface area contributed by atoms with Crippen molar-refractivity contribution in [3.63, 3.8) is 0 Å². The number of nitrogens with zero attached hydrogens (tertiary/aromatic N) is 2. The van der Waals surface area contributed by atoms with Crippen LogP contribution in [0.25, 0.3) is 0 Å². The Hall–Kier alpha value is 1.27. The summed E-state index contributed by atoms with van der Waals surface area (Å²) in [6.45, 7) is 3.11. The zero-order valence-corrected chi connectivity index (χ0v) is 8.82. The maximum absolute atomic E-state index is 6.63. The van der Waals surface area contributed by atoms with E-state index < -0.39 is 0 Å². The van der Waals surface area contributed by atoms with Gasteiger partial charge in [-0.2, -0.15) is 0 Å². The van der Waals surface area contributed by atoms with E-state index in [1.807, 2.05) is 6.92 Å². The SMILES string of the molecule is CC(CCCN(C)C)N=C=N.Cl.[KH]. The van der Waals surface area contributed by atoms with E-state index in [0.29, 0.717) is 0 Å². The van der Waals surface area contributed by atoms with Crippen LogP contribution >= 0.6 is 12.4 Å². The van der Waals surface area contributed by atoms with Crippen molar-refractivity contribution in [2.24, 2.45) is 4.99 Å². The van der Waals surface area contributed by atoms with Crippen LogP contribution < -0.4 is 0 Å². The Balaban J connectivity index is -0.000000500. The van der Waals surface area contributed by atoms with Gasteiger partial charge in [0.25, 0.3) is 0 Å². The molecule has 0 fully saturated rings. The second-order valence-corrected chi connectivity index (χ2v) is 3.04. The maximum atomic E-state index is 6.63. The fourth-order valence-electron chi connectivity index (χ4n) is 0.878. The second-order valence-electron chi connectivity index (χ2n) is 3.04. The molecule has 0 aliphatic rings. The van der Waals surface area contributed by atoms with Crippen LogP contribution in [0, 0.1) is 5.41 Å². The molecule has 0 aromatic carbocycles. The van der Waals surface area contributed by atoms with Crippen molar-refractivity contribution in [3.8, 4) is 0 Å². The van der Waals surface area contributed by atoms with E-state index in [4.69, 9.17) is 5.41 Å². The fourth-order valence-corrected chi connectivity index (χ4v) is 0.878. The van der Waals surface area contributed by atoms with E-state index in [1.54, 1.807) is 0 Å². The summed E-state index contributed by atoms with van der Waals surface area (Å²) in [4.78, 5) is 5.97. The third-order valence-corrected chi connectivity index (χ3v) is 1.51. The van der Waals surface area contributed by atoms with Gasteiger partial charge in [-0.1, -0.05) is 0 Å². The molecular formula is C8H19ClKN3. The van der Waals surface area contributed by atoms with Gasteiger partial charge in [-0.25, -0.2) is 10.4 Å². The standard InChI is InChI=1S/C8H17N3.ClH.K.H/c1-8(10-7-9)5-4-6-11(2)3;;;/h8-9H,4-6H2,1-3H3;1H;;. The summed E-state index contributed by atoms with van der Waals surface area (Å²) in [5.74, 6) is 0. The van der Waals surface area contributed by atoms with Crippen molar-refractivity contribution in [2.75, 3.05) is 20.6 Å². The van der Waals surface area contributed by atoms with Crippen molar-refractivity contribution >= 4 is 69.8 Å². The zero-order chi connectivity index (χ0) is 8.69. The molecule has 1 N–H and O–H groups in total. The molecule has 3 nitrogen and oxygen atoms in total. The van der Waals surface area contributed by atoms with E-state index >= 15 is 0 Å². The Morgan fingerprint density at radius 3 is 2.38 bits per heavy atom. The number of nitrogens with one attached hydrogen (secondary N) is 1. The Kier molecular flexibility index (Phi) is 20.2. The quantitative estimate of drug-likeness (QED) is 0.562. The summed E-state index contributed by atoms with van der Waals surface area (Å²) in [6, 6.07) is 2.32. The Morgan fingerprint density at radius 2 is 2.00 bits per heavy atom. The van der Waals surface area contributed by atoms with Gasteiger partial charge in [0, 0.05) is 0 Å². The van der Waals surface area contributed by atoms with E-state index in [-0.39, 0.29) is 69.8 Å². The van der Waals surface area contributed by atoms with Crippen LogP contribution in [0.4, 0.5) is 0 Å². The summed E-state index contributed by atoms with van der Waals surface area (Å²) in [6.07, 6.45) is 2.18. The molecule has 0 amide bonds. The first-order chi connectivity index (χ1) is 5.16. The van der Waals surface area contributed by atoms with E-state index in [0.717, 1.165) is 19.4 Å². The Morgan fingerprint density at radius 1 is 1.46 bits per heavy atom. The molecule has 0 aliphatic carbocycles. The molecule has 0 saturated heterocycles. The van der Waals surface area contributed by atoms with Crippen LogP contribution in [0.15, 0.2) is 4.99 Å². The van der Waals surface area contributed by atoms with Crippen molar-refractivity contribution in [2.45, 2.75) is 25.8 Å². The minimum absolute atomic E-state index is 0. The van der Waals surface area contributed by atoms with Gasteiger partial charge in [-0.05, 0) is 40.4 Å². The Bertz CT molecular complexity index is 146. The molecule has 0 saturated carbocycles. The average molecular weight is 232 g/mol. The molecule has 0 rings (SSSR count). The van der Waals surface area contributed by atoms with Gasteiger partial charge < -0.3 is 4.90 Å². The van der Waals surface area contributed by atoms with E-state index in [2.05, 4.69) is 30.0 Å². The Labute approximate surface area is 130 Å². The summed E-state index contributed by atoms with van der Waals surface area (Å²) >= 11 is 0. The van der Waals surface area contributed by atoms with Gasteiger partial charge in [0.1, 0.15) is 0 Å². The molecule has 13 heavy (non-hydrogen) atoms. The van der Waals surface area contributed by atoms with Crippen LogP contribution in [0.2, 0.25) is 0 Å². The topological polar surface area (TPSA) is 39.5 Å². The third-order valence-electron chi connectivity index (χ3n) is 1.51. The molecule has 1 atom stereocenters. The van der Waals surface area contributed by atoms with Crippen LogP contribution in [0.3, 0.4) is 0 Å². The summed E-state index contributed by atoms with van der Waals surface area (Å²) in [5, 5.41) is 6.63. The van der Waals surface area contributed by atoms with Crippen LogP contribution in [0.1, 0.15) is 19.8 Å². The van der Waals surface area contributed by atoms with Crippen molar-refractivity contribution in [1.29, 1.82) is 5.41 Å². The number of hydrogen-bond donors (Lipinski definition) is 1. The number of rotatable bonds is 5. The first kappa shape index (κ1) is 19.8. The summed E-state index contributed by atoms with van der Waals surface area (Å²) < 4.78 is 0. The second kappa shape index (κ2) is 13.3. The van der Waals surface area contributed by atoms with Crippen LogP contribution in [-0.4, -0.2) is 89.0 Å². The molecule has 0 bridgehead atoms. The van der Waals surface area contributed by atoms with Gasteiger partial charge in [-0.15, -0.1) is 12.4 Å². The molecule has 0 heterocycles. The number of halogens is 1. The van der Waals surface area contributed by atoms with Crippen molar-refractivity contribution in [1.82, 2.24) is 4.90 Å². The predicted molar refractivity (Wildman–Crippen MR) is 61.8 cm³/mol. The van der Waals surface area contributed by atoms with Gasteiger partial charge in [0.15, 0.2) is 0 Å². The molecule has 74 valence electrons. The fraction of sp³-hybridized carbons (Fsp3) is 0.875. The van der Waals surface area contributed by atoms with Gasteiger partial charge in [0.05, 0.1) is 12.1 Å². The van der Waals surface area contributed by atoms with Crippen molar-refractivity contribution < 1.29 is 0 Å². The molecule has 0 radical (unpaired) electrons. The monoisotopic (exact) mass is 231 g/mol. The molecule has 0 spiro atoms. The van der Waals surface area contributed by atoms with Crippen molar-refractivity contribution in [3.05, 3.63) is 0 Å². The first-order valence-corrected chi connectivity index (χ1v) is 3.93. The number of hydrogen-bond acceptors (Lipinski definition) is 3. The molecule has 1 unspecified atom stereocenters. The molecule has 0 aromatic rings. The predicted octanol–water partition coefficient (Wildman–Crippen LogP) is 1.24. The average Bonchev–Trinajstić information content (AvgIpc) is 1.87.